The fourth-order valence-corrected chi connectivity index (χ4v) is 3.80. The van der Waals surface area contributed by atoms with Gasteiger partial charge in [0.15, 0.2) is 0 Å². The fourth-order valence-electron chi connectivity index (χ4n) is 3.80. The lowest BCUT2D eigenvalue weighted by atomic mass is 9.82. The zero-order valence-electron chi connectivity index (χ0n) is 11.7. The number of likely N-dealkylation sites (tertiary alicyclic amines) is 1. The molecule has 0 radical (unpaired) electrons. The lowest BCUT2D eigenvalue weighted by Gasteiger charge is -2.45. The largest absolute Gasteiger partial charge is 0.330 e. The molecule has 0 amide bonds. The van der Waals surface area contributed by atoms with Gasteiger partial charge in [0.2, 0.25) is 0 Å². The van der Waals surface area contributed by atoms with Crippen molar-refractivity contribution in [2.24, 2.45) is 17.6 Å². The first kappa shape index (κ1) is 13.4. The van der Waals surface area contributed by atoms with Gasteiger partial charge in [0.25, 0.3) is 0 Å². The highest BCUT2D eigenvalue weighted by atomic mass is 15.2. The molecule has 1 heterocycles. The number of nitrogens with two attached hydrogens (primary N) is 1. The smallest absolute Gasteiger partial charge is 0.00984 e. The van der Waals surface area contributed by atoms with Crippen molar-refractivity contribution in [2.75, 3.05) is 13.1 Å². The van der Waals surface area contributed by atoms with E-state index < -0.39 is 0 Å². The molecule has 0 spiro atoms. The van der Waals surface area contributed by atoms with Gasteiger partial charge in [0.1, 0.15) is 0 Å². The molecule has 1 aliphatic heterocycles. The van der Waals surface area contributed by atoms with E-state index in [1.165, 1.54) is 51.5 Å². The monoisotopic (exact) mass is 238 g/mol. The van der Waals surface area contributed by atoms with Gasteiger partial charge in [-0.25, -0.2) is 0 Å². The molecule has 1 saturated carbocycles. The highest BCUT2D eigenvalue weighted by Gasteiger charge is 2.32. The second kappa shape index (κ2) is 6.19. The number of rotatable bonds is 3. The van der Waals surface area contributed by atoms with Crippen LogP contribution in [-0.4, -0.2) is 30.1 Å². The van der Waals surface area contributed by atoms with Gasteiger partial charge in [0, 0.05) is 18.6 Å². The Labute approximate surface area is 107 Å². The Kier molecular flexibility index (Phi) is 4.87. The second-order valence-electron chi connectivity index (χ2n) is 6.31. The standard InChI is InChI=1S/C15H30N2/c1-3-13-6-8-15(9-7-13)17-11-14(10-16)5-4-12(17)2/h12-15H,3-11,16H2,1-2H3. The summed E-state index contributed by atoms with van der Waals surface area (Å²) >= 11 is 0. The summed E-state index contributed by atoms with van der Waals surface area (Å²) in [6.45, 7) is 6.91. The van der Waals surface area contributed by atoms with E-state index in [0.717, 1.165) is 30.5 Å². The molecule has 2 N–H and O–H groups in total. The minimum Gasteiger partial charge on any atom is -0.330 e. The summed E-state index contributed by atoms with van der Waals surface area (Å²) < 4.78 is 0. The lowest BCUT2D eigenvalue weighted by molar-refractivity contribution is 0.0468. The van der Waals surface area contributed by atoms with Crippen molar-refractivity contribution >= 4 is 0 Å². The van der Waals surface area contributed by atoms with Crippen molar-refractivity contribution in [1.82, 2.24) is 4.90 Å². The molecular formula is C15H30N2. The molecule has 17 heavy (non-hydrogen) atoms. The molecular weight excluding hydrogens is 208 g/mol. The van der Waals surface area contributed by atoms with E-state index in [2.05, 4.69) is 18.7 Å². The van der Waals surface area contributed by atoms with Crippen LogP contribution in [0, 0.1) is 11.8 Å². The molecule has 2 aliphatic rings. The van der Waals surface area contributed by atoms with Crippen molar-refractivity contribution < 1.29 is 0 Å². The summed E-state index contributed by atoms with van der Waals surface area (Å²) in [4.78, 5) is 2.78. The van der Waals surface area contributed by atoms with Crippen LogP contribution in [0.1, 0.15) is 58.8 Å². The highest BCUT2D eigenvalue weighted by molar-refractivity contribution is 4.87. The molecule has 2 nitrogen and oxygen atoms in total. The van der Waals surface area contributed by atoms with Crippen LogP contribution < -0.4 is 5.73 Å². The van der Waals surface area contributed by atoms with Gasteiger partial charge in [-0.3, -0.25) is 4.90 Å². The molecule has 1 aliphatic carbocycles. The average Bonchev–Trinajstić information content (AvgIpc) is 2.39. The minimum atomic E-state index is 0.759. The maximum Gasteiger partial charge on any atom is 0.00984 e. The molecule has 2 rings (SSSR count). The quantitative estimate of drug-likeness (QED) is 0.819. The van der Waals surface area contributed by atoms with E-state index in [1.807, 2.05) is 0 Å². The lowest BCUT2D eigenvalue weighted by Crippen LogP contribution is -2.50. The van der Waals surface area contributed by atoms with Crippen molar-refractivity contribution in [2.45, 2.75) is 70.9 Å². The fraction of sp³-hybridized carbons (Fsp3) is 1.00. The van der Waals surface area contributed by atoms with Gasteiger partial charge in [-0.05, 0) is 63.8 Å². The summed E-state index contributed by atoms with van der Waals surface area (Å²) in [7, 11) is 0. The van der Waals surface area contributed by atoms with Gasteiger partial charge >= 0.3 is 0 Å². The van der Waals surface area contributed by atoms with Gasteiger partial charge in [0.05, 0.1) is 0 Å². The first-order chi connectivity index (χ1) is 8.24. The van der Waals surface area contributed by atoms with Crippen LogP contribution in [0.2, 0.25) is 0 Å². The molecule has 0 aromatic heterocycles. The van der Waals surface area contributed by atoms with E-state index in [-0.39, 0.29) is 0 Å². The van der Waals surface area contributed by atoms with Crippen LogP contribution >= 0.6 is 0 Å². The first-order valence-corrected chi connectivity index (χ1v) is 7.70. The highest BCUT2D eigenvalue weighted by Crippen LogP contribution is 2.33. The van der Waals surface area contributed by atoms with Crippen LogP contribution in [0.4, 0.5) is 0 Å². The zero-order chi connectivity index (χ0) is 12.3. The molecule has 100 valence electrons. The zero-order valence-corrected chi connectivity index (χ0v) is 11.7. The number of hydrogen-bond acceptors (Lipinski definition) is 2. The van der Waals surface area contributed by atoms with Crippen molar-refractivity contribution in [3.05, 3.63) is 0 Å². The predicted octanol–water partition coefficient (Wildman–Crippen LogP) is 3.01. The first-order valence-electron chi connectivity index (χ1n) is 7.70. The van der Waals surface area contributed by atoms with E-state index >= 15 is 0 Å². The van der Waals surface area contributed by atoms with E-state index in [9.17, 15) is 0 Å². The number of nitrogens with zero attached hydrogens (tertiary/aromatic N) is 1. The van der Waals surface area contributed by atoms with E-state index in [1.54, 1.807) is 0 Å². The Morgan fingerprint density at radius 3 is 2.24 bits per heavy atom. The van der Waals surface area contributed by atoms with Gasteiger partial charge < -0.3 is 5.73 Å². The van der Waals surface area contributed by atoms with E-state index in [4.69, 9.17) is 5.73 Å². The normalized spacial score (nSPS) is 40.4. The van der Waals surface area contributed by atoms with Crippen LogP contribution in [0.3, 0.4) is 0 Å². The van der Waals surface area contributed by atoms with Gasteiger partial charge in [-0.1, -0.05) is 13.3 Å². The summed E-state index contributed by atoms with van der Waals surface area (Å²) in [6, 6.07) is 1.66. The summed E-state index contributed by atoms with van der Waals surface area (Å²) in [5.74, 6) is 1.77. The van der Waals surface area contributed by atoms with Crippen LogP contribution in [0.15, 0.2) is 0 Å². The molecule has 2 unspecified atom stereocenters. The SMILES string of the molecule is CCC1CCC(N2CC(CN)CCC2C)CC1. The number of hydrogen-bond donors (Lipinski definition) is 1. The third-order valence-electron chi connectivity index (χ3n) is 5.22. The molecule has 0 bridgehead atoms. The maximum absolute atomic E-state index is 5.86. The third kappa shape index (κ3) is 3.23. The Morgan fingerprint density at radius 1 is 1.00 bits per heavy atom. The Morgan fingerprint density at radius 2 is 1.65 bits per heavy atom. The summed E-state index contributed by atoms with van der Waals surface area (Å²) in [6.07, 6.45) is 9.86. The maximum atomic E-state index is 5.86. The Hall–Kier alpha value is -0.0800. The van der Waals surface area contributed by atoms with Crippen LogP contribution in [0.5, 0.6) is 0 Å². The van der Waals surface area contributed by atoms with Gasteiger partial charge in [-0.2, -0.15) is 0 Å². The molecule has 1 saturated heterocycles. The van der Waals surface area contributed by atoms with Crippen molar-refractivity contribution in [1.29, 1.82) is 0 Å². The van der Waals surface area contributed by atoms with Crippen molar-refractivity contribution in [3.63, 3.8) is 0 Å². The third-order valence-corrected chi connectivity index (χ3v) is 5.22. The topological polar surface area (TPSA) is 29.3 Å². The summed E-state index contributed by atoms with van der Waals surface area (Å²) in [5, 5.41) is 0. The van der Waals surface area contributed by atoms with Crippen molar-refractivity contribution in [3.8, 4) is 0 Å². The molecule has 2 fully saturated rings. The second-order valence-corrected chi connectivity index (χ2v) is 6.31. The molecule has 0 aromatic rings. The van der Waals surface area contributed by atoms with Crippen LogP contribution in [-0.2, 0) is 0 Å². The molecule has 2 heteroatoms. The van der Waals surface area contributed by atoms with Crippen LogP contribution in [0.25, 0.3) is 0 Å². The summed E-state index contributed by atoms with van der Waals surface area (Å²) in [5.41, 5.74) is 5.86. The Bertz CT molecular complexity index is 221. The molecule has 2 atom stereocenters. The Balaban J connectivity index is 1.87. The average molecular weight is 238 g/mol. The van der Waals surface area contributed by atoms with Gasteiger partial charge in [-0.15, -0.1) is 0 Å². The van der Waals surface area contributed by atoms with E-state index in [0.29, 0.717) is 0 Å². The predicted molar refractivity (Wildman–Crippen MR) is 74.0 cm³/mol. The number of piperidine rings is 1. The molecule has 0 aromatic carbocycles. The minimum absolute atomic E-state index is 0.759.